The number of amides is 1. The van der Waals surface area contributed by atoms with E-state index in [1.807, 2.05) is 0 Å². The lowest BCUT2D eigenvalue weighted by Gasteiger charge is -2.24. The van der Waals surface area contributed by atoms with Crippen LogP contribution < -0.4 is 10.6 Å². The first-order valence-electron chi connectivity index (χ1n) is 6.18. The van der Waals surface area contributed by atoms with Crippen molar-refractivity contribution in [3.05, 3.63) is 0 Å². The van der Waals surface area contributed by atoms with Crippen molar-refractivity contribution in [3.8, 4) is 0 Å². The Balaban J connectivity index is 1.74. The summed E-state index contributed by atoms with van der Waals surface area (Å²) < 4.78 is 0. The third-order valence-electron chi connectivity index (χ3n) is 3.93. The van der Waals surface area contributed by atoms with E-state index in [1.54, 1.807) is 0 Å². The number of hydrogen-bond donors (Lipinski definition) is 2. The Hall–Kier alpha value is -0.570. The minimum atomic E-state index is 0.218. The fraction of sp³-hybridized carbons (Fsp3) is 0.917. The number of carbonyl (C=O) groups excluding carboxylic acids is 1. The van der Waals surface area contributed by atoms with Gasteiger partial charge in [0.05, 0.1) is 5.92 Å². The van der Waals surface area contributed by atoms with Gasteiger partial charge >= 0.3 is 0 Å². The molecule has 3 heteroatoms. The van der Waals surface area contributed by atoms with Gasteiger partial charge in [-0.25, -0.2) is 0 Å². The molecule has 0 aromatic rings. The van der Waals surface area contributed by atoms with E-state index in [1.165, 1.54) is 25.7 Å². The molecule has 3 nitrogen and oxygen atoms in total. The summed E-state index contributed by atoms with van der Waals surface area (Å²) in [6.07, 6.45) is 6.21. The van der Waals surface area contributed by atoms with Gasteiger partial charge in [-0.2, -0.15) is 0 Å². The molecule has 0 radical (unpaired) electrons. The minimum absolute atomic E-state index is 0.218. The summed E-state index contributed by atoms with van der Waals surface area (Å²) >= 11 is 0. The van der Waals surface area contributed by atoms with Crippen LogP contribution in [0.25, 0.3) is 0 Å². The fourth-order valence-electron chi connectivity index (χ4n) is 2.73. The Bertz CT molecular complexity index is 228. The zero-order valence-electron chi connectivity index (χ0n) is 9.64. The Morgan fingerprint density at radius 3 is 2.80 bits per heavy atom. The molecule has 0 spiro atoms. The van der Waals surface area contributed by atoms with Crippen LogP contribution in [0.4, 0.5) is 0 Å². The molecule has 2 N–H and O–H groups in total. The second-order valence-corrected chi connectivity index (χ2v) is 5.43. The lowest BCUT2D eigenvalue weighted by atomic mass is 9.88. The Kier molecular flexibility index (Phi) is 3.29. The van der Waals surface area contributed by atoms with Crippen LogP contribution in [0, 0.1) is 11.3 Å². The summed E-state index contributed by atoms with van der Waals surface area (Å²) in [5.74, 6) is 0.475. The maximum absolute atomic E-state index is 11.8. The highest BCUT2D eigenvalue weighted by Gasteiger charge is 2.30. The van der Waals surface area contributed by atoms with E-state index in [4.69, 9.17) is 0 Å². The highest BCUT2D eigenvalue weighted by Crippen LogP contribution is 2.36. The molecule has 2 fully saturated rings. The average molecular weight is 210 g/mol. The highest BCUT2D eigenvalue weighted by atomic mass is 16.1. The summed E-state index contributed by atoms with van der Waals surface area (Å²) in [7, 11) is 0. The van der Waals surface area contributed by atoms with Crippen molar-refractivity contribution in [3.63, 3.8) is 0 Å². The van der Waals surface area contributed by atoms with Crippen LogP contribution in [-0.4, -0.2) is 25.5 Å². The third kappa shape index (κ3) is 2.71. The fourth-order valence-corrected chi connectivity index (χ4v) is 2.73. The molecule has 0 unspecified atom stereocenters. The second-order valence-electron chi connectivity index (χ2n) is 5.43. The standard InChI is InChI=1S/C12H22N2O/c1-12(5-2-3-6-12)9-14-11(15)10-4-7-13-8-10/h10,13H,2-9H2,1H3,(H,14,15)/t10-/m0/s1. The normalized spacial score (nSPS) is 29.3. The van der Waals surface area contributed by atoms with E-state index >= 15 is 0 Å². The van der Waals surface area contributed by atoms with Gasteiger partial charge in [0.15, 0.2) is 0 Å². The Morgan fingerprint density at radius 2 is 2.20 bits per heavy atom. The second kappa shape index (κ2) is 4.52. The number of hydrogen-bond acceptors (Lipinski definition) is 2. The van der Waals surface area contributed by atoms with E-state index in [-0.39, 0.29) is 11.8 Å². The predicted octanol–water partition coefficient (Wildman–Crippen LogP) is 1.29. The first-order valence-corrected chi connectivity index (χ1v) is 6.18. The largest absolute Gasteiger partial charge is 0.355 e. The van der Waals surface area contributed by atoms with Crippen molar-refractivity contribution in [2.24, 2.45) is 11.3 Å². The van der Waals surface area contributed by atoms with Gasteiger partial charge in [0.2, 0.25) is 5.91 Å². The van der Waals surface area contributed by atoms with Gasteiger partial charge in [0.1, 0.15) is 0 Å². The topological polar surface area (TPSA) is 41.1 Å². The number of rotatable bonds is 3. The molecule has 1 aliphatic heterocycles. The zero-order valence-corrected chi connectivity index (χ0v) is 9.64. The molecule has 2 rings (SSSR count). The van der Waals surface area contributed by atoms with Gasteiger partial charge in [0.25, 0.3) is 0 Å². The summed E-state index contributed by atoms with van der Waals surface area (Å²) in [6.45, 7) is 5.04. The van der Waals surface area contributed by atoms with Crippen molar-refractivity contribution in [2.75, 3.05) is 19.6 Å². The molecule has 0 aromatic carbocycles. The molecule has 1 amide bonds. The lowest BCUT2D eigenvalue weighted by molar-refractivity contribution is -0.124. The van der Waals surface area contributed by atoms with Gasteiger partial charge in [-0.3, -0.25) is 4.79 Å². The molecular weight excluding hydrogens is 188 g/mol. The van der Waals surface area contributed by atoms with Crippen molar-refractivity contribution in [1.82, 2.24) is 10.6 Å². The van der Waals surface area contributed by atoms with E-state index in [0.717, 1.165) is 26.1 Å². The first-order chi connectivity index (χ1) is 7.20. The molecule has 1 saturated heterocycles. The molecule has 1 aliphatic carbocycles. The molecule has 86 valence electrons. The van der Waals surface area contributed by atoms with Gasteiger partial charge in [0, 0.05) is 13.1 Å². The zero-order chi connectivity index (χ0) is 10.7. The highest BCUT2D eigenvalue weighted by molar-refractivity contribution is 5.79. The lowest BCUT2D eigenvalue weighted by Crippen LogP contribution is -2.38. The van der Waals surface area contributed by atoms with Crippen molar-refractivity contribution < 1.29 is 4.79 Å². The number of carbonyl (C=O) groups is 1. The van der Waals surface area contributed by atoms with Gasteiger partial charge in [-0.1, -0.05) is 19.8 Å². The molecular formula is C12H22N2O. The van der Waals surface area contributed by atoms with Crippen LogP contribution in [0.5, 0.6) is 0 Å². The van der Waals surface area contributed by atoms with E-state index < -0.39 is 0 Å². The van der Waals surface area contributed by atoms with Gasteiger partial charge in [-0.15, -0.1) is 0 Å². The molecule has 2 aliphatic rings. The van der Waals surface area contributed by atoms with Crippen LogP contribution in [0.3, 0.4) is 0 Å². The van der Waals surface area contributed by atoms with E-state index in [9.17, 15) is 4.79 Å². The smallest absolute Gasteiger partial charge is 0.224 e. The van der Waals surface area contributed by atoms with Crippen LogP contribution in [0.2, 0.25) is 0 Å². The van der Waals surface area contributed by atoms with E-state index in [2.05, 4.69) is 17.6 Å². The predicted molar refractivity (Wildman–Crippen MR) is 60.6 cm³/mol. The monoisotopic (exact) mass is 210 g/mol. The van der Waals surface area contributed by atoms with Crippen molar-refractivity contribution in [2.45, 2.75) is 39.0 Å². The summed E-state index contributed by atoms with van der Waals surface area (Å²) in [6, 6.07) is 0. The Labute approximate surface area is 92.0 Å². The van der Waals surface area contributed by atoms with Gasteiger partial charge in [-0.05, 0) is 31.2 Å². The maximum Gasteiger partial charge on any atom is 0.224 e. The van der Waals surface area contributed by atoms with Crippen LogP contribution in [0.1, 0.15) is 39.0 Å². The van der Waals surface area contributed by atoms with Crippen LogP contribution >= 0.6 is 0 Å². The molecule has 0 bridgehead atoms. The molecule has 15 heavy (non-hydrogen) atoms. The van der Waals surface area contributed by atoms with Crippen LogP contribution in [-0.2, 0) is 4.79 Å². The van der Waals surface area contributed by atoms with E-state index in [0.29, 0.717) is 5.41 Å². The Morgan fingerprint density at radius 1 is 1.47 bits per heavy atom. The summed E-state index contributed by atoms with van der Waals surface area (Å²) in [5, 5.41) is 6.36. The molecule has 0 aromatic heterocycles. The number of nitrogens with one attached hydrogen (secondary N) is 2. The molecule has 1 heterocycles. The minimum Gasteiger partial charge on any atom is -0.355 e. The van der Waals surface area contributed by atoms with Crippen LogP contribution in [0.15, 0.2) is 0 Å². The quantitative estimate of drug-likeness (QED) is 0.737. The summed E-state index contributed by atoms with van der Waals surface area (Å²) in [5.41, 5.74) is 0.377. The first kappa shape index (κ1) is 10.9. The average Bonchev–Trinajstić information content (AvgIpc) is 2.85. The third-order valence-corrected chi connectivity index (χ3v) is 3.93. The SMILES string of the molecule is CC1(CNC(=O)[C@H]2CCNC2)CCCC1. The van der Waals surface area contributed by atoms with Crippen molar-refractivity contribution in [1.29, 1.82) is 0 Å². The molecule has 1 saturated carbocycles. The molecule has 1 atom stereocenters. The summed E-state index contributed by atoms with van der Waals surface area (Å²) in [4.78, 5) is 11.8. The van der Waals surface area contributed by atoms with Gasteiger partial charge < -0.3 is 10.6 Å². The maximum atomic E-state index is 11.8. The van der Waals surface area contributed by atoms with Crippen molar-refractivity contribution >= 4 is 5.91 Å².